The van der Waals surface area contributed by atoms with Gasteiger partial charge < -0.3 is 10.1 Å². The van der Waals surface area contributed by atoms with Crippen LogP contribution in [-0.4, -0.2) is 41.5 Å². The zero-order valence-corrected chi connectivity index (χ0v) is 15.6. The Labute approximate surface area is 150 Å². The number of unbranched alkanes of at least 4 members (excludes halogenated alkanes) is 6. The largest absolute Gasteiger partial charge is 0.356 e. The molecule has 1 aliphatic heterocycles. The Hall–Kier alpha value is -1.72. The number of nitrogens with one attached hydrogen (secondary N) is 1. The van der Waals surface area contributed by atoms with Crippen LogP contribution < -0.4 is 5.32 Å². The Kier molecular flexibility index (Phi) is 10.0. The Morgan fingerprint density at radius 1 is 1.00 bits per heavy atom. The standard InChI is InChI=1S/C19H32N2O4/c1-15-14-18(24)21(19(15)25)13-11-17(23)20-12-9-7-5-3-4-6-8-10-16(2)22/h15H,3-14H2,1-2H3,(H,20,23). The van der Waals surface area contributed by atoms with Gasteiger partial charge in [-0.3, -0.25) is 19.3 Å². The Morgan fingerprint density at radius 2 is 1.60 bits per heavy atom. The minimum atomic E-state index is -0.252. The van der Waals surface area contributed by atoms with E-state index >= 15 is 0 Å². The first-order valence-corrected chi connectivity index (χ1v) is 9.52. The van der Waals surface area contributed by atoms with Crippen molar-refractivity contribution in [1.29, 1.82) is 0 Å². The van der Waals surface area contributed by atoms with Crippen molar-refractivity contribution in [3.8, 4) is 0 Å². The monoisotopic (exact) mass is 352 g/mol. The number of rotatable bonds is 13. The van der Waals surface area contributed by atoms with Crippen molar-refractivity contribution >= 4 is 23.5 Å². The molecule has 1 aliphatic rings. The molecule has 1 unspecified atom stereocenters. The van der Waals surface area contributed by atoms with E-state index < -0.39 is 0 Å². The van der Waals surface area contributed by atoms with E-state index in [1.165, 1.54) is 11.3 Å². The smallest absolute Gasteiger partial charge is 0.232 e. The van der Waals surface area contributed by atoms with Crippen LogP contribution in [0.15, 0.2) is 0 Å². The second kappa shape index (κ2) is 11.8. The molecule has 1 rings (SSSR count). The first kappa shape index (κ1) is 21.3. The van der Waals surface area contributed by atoms with Gasteiger partial charge in [0.05, 0.1) is 0 Å². The van der Waals surface area contributed by atoms with Crippen LogP contribution in [0.1, 0.15) is 78.1 Å². The van der Waals surface area contributed by atoms with Crippen molar-refractivity contribution in [2.45, 2.75) is 78.1 Å². The molecule has 1 N–H and O–H groups in total. The molecule has 0 aliphatic carbocycles. The van der Waals surface area contributed by atoms with E-state index in [2.05, 4.69) is 5.32 Å². The number of hydrogen-bond acceptors (Lipinski definition) is 4. The minimum Gasteiger partial charge on any atom is -0.356 e. The van der Waals surface area contributed by atoms with Gasteiger partial charge in [0.2, 0.25) is 17.7 Å². The van der Waals surface area contributed by atoms with Crippen molar-refractivity contribution in [2.24, 2.45) is 5.92 Å². The van der Waals surface area contributed by atoms with E-state index in [1.54, 1.807) is 13.8 Å². The average molecular weight is 352 g/mol. The lowest BCUT2D eigenvalue weighted by atomic mass is 10.1. The molecule has 1 fully saturated rings. The van der Waals surface area contributed by atoms with E-state index in [0.29, 0.717) is 13.0 Å². The molecule has 3 amide bonds. The van der Waals surface area contributed by atoms with Crippen molar-refractivity contribution in [2.75, 3.05) is 13.1 Å². The third kappa shape index (κ3) is 8.79. The van der Waals surface area contributed by atoms with E-state index in [0.717, 1.165) is 38.5 Å². The molecule has 0 bridgehead atoms. The zero-order chi connectivity index (χ0) is 18.7. The predicted molar refractivity (Wildman–Crippen MR) is 95.7 cm³/mol. The number of Topliss-reactive ketones (excluding diaryl/α,β-unsaturated/α-hetero) is 1. The van der Waals surface area contributed by atoms with Crippen LogP contribution in [0.2, 0.25) is 0 Å². The molecule has 0 radical (unpaired) electrons. The van der Waals surface area contributed by atoms with Crippen LogP contribution in [-0.2, 0) is 19.2 Å². The van der Waals surface area contributed by atoms with Crippen LogP contribution >= 0.6 is 0 Å². The van der Waals surface area contributed by atoms with Gasteiger partial charge in [0.1, 0.15) is 5.78 Å². The molecule has 1 heterocycles. The van der Waals surface area contributed by atoms with Crippen molar-refractivity contribution in [3.05, 3.63) is 0 Å². The normalized spacial score (nSPS) is 17.2. The minimum absolute atomic E-state index is 0.107. The van der Waals surface area contributed by atoms with Gasteiger partial charge in [0.25, 0.3) is 0 Å². The highest BCUT2D eigenvalue weighted by molar-refractivity contribution is 6.03. The highest BCUT2D eigenvalue weighted by atomic mass is 16.2. The van der Waals surface area contributed by atoms with Crippen LogP contribution in [0.5, 0.6) is 0 Å². The fourth-order valence-corrected chi connectivity index (χ4v) is 3.00. The summed E-state index contributed by atoms with van der Waals surface area (Å²) in [5.41, 5.74) is 0. The summed E-state index contributed by atoms with van der Waals surface area (Å²) in [7, 11) is 0. The van der Waals surface area contributed by atoms with Crippen molar-refractivity contribution in [1.82, 2.24) is 10.2 Å². The van der Waals surface area contributed by atoms with Crippen LogP contribution in [0.3, 0.4) is 0 Å². The molecular formula is C19H32N2O4. The predicted octanol–water partition coefficient (Wildman–Crippen LogP) is 2.60. The van der Waals surface area contributed by atoms with Gasteiger partial charge in [-0.1, -0.05) is 39.0 Å². The summed E-state index contributed by atoms with van der Waals surface area (Å²) in [4.78, 5) is 47.1. The van der Waals surface area contributed by atoms with Crippen molar-refractivity contribution < 1.29 is 19.2 Å². The number of likely N-dealkylation sites (tertiary alicyclic amines) is 1. The molecule has 0 saturated carbocycles. The molecule has 0 aromatic rings. The molecule has 1 atom stereocenters. The molecule has 0 spiro atoms. The topological polar surface area (TPSA) is 83.6 Å². The lowest BCUT2D eigenvalue weighted by Crippen LogP contribution is -2.35. The maximum Gasteiger partial charge on any atom is 0.232 e. The Morgan fingerprint density at radius 3 is 2.16 bits per heavy atom. The van der Waals surface area contributed by atoms with Crippen LogP contribution in [0, 0.1) is 5.92 Å². The third-order valence-corrected chi connectivity index (χ3v) is 4.56. The fourth-order valence-electron chi connectivity index (χ4n) is 3.00. The molecule has 0 aromatic carbocycles. The summed E-state index contributed by atoms with van der Waals surface area (Å²) < 4.78 is 0. The van der Waals surface area contributed by atoms with E-state index in [4.69, 9.17) is 0 Å². The Bertz CT molecular complexity index is 476. The number of hydrogen-bond donors (Lipinski definition) is 1. The molecule has 6 nitrogen and oxygen atoms in total. The highest BCUT2D eigenvalue weighted by Crippen LogP contribution is 2.18. The van der Waals surface area contributed by atoms with Gasteiger partial charge in [-0.05, 0) is 19.8 Å². The van der Waals surface area contributed by atoms with Gasteiger partial charge in [0, 0.05) is 38.3 Å². The molecular weight excluding hydrogens is 320 g/mol. The summed E-state index contributed by atoms with van der Waals surface area (Å²) in [6.07, 6.45) is 8.74. The first-order chi connectivity index (χ1) is 11.9. The number of nitrogens with zero attached hydrogens (tertiary/aromatic N) is 1. The average Bonchev–Trinajstić information content (AvgIpc) is 2.79. The lowest BCUT2D eigenvalue weighted by Gasteiger charge is -2.14. The van der Waals surface area contributed by atoms with Gasteiger partial charge >= 0.3 is 0 Å². The van der Waals surface area contributed by atoms with Crippen LogP contribution in [0.25, 0.3) is 0 Å². The SMILES string of the molecule is CC(=O)CCCCCCCCCNC(=O)CCN1C(=O)CC(C)C1=O. The first-order valence-electron chi connectivity index (χ1n) is 9.52. The summed E-state index contributed by atoms with van der Waals surface area (Å²) in [5, 5.41) is 2.85. The highest BCUT2D eigenvalue weighted by Gasteiger charge is 2.35. The van der Waals surface area contributed by atoms with Crippen molar-refractivity contribution in [3.63, 3.8) is 0 Å². The quantitative estimate of drug-likeness (QED) is 0.408. The molecule has 1 saturated heterocycles. The number of carbonyl (C=O) groups excluding carboxylic acids is 4. The molecule has 0 aromatic heterocycles. The van der Waals surface area contributed by atoms with Gasteiger partial charge in [-0.2, -0.15) is 0 Å². The summed E-state index contributed by atoms with van der Waals surface area (Å²) in [6.45, 7) is 4.20. The second-order valence-corrected chi connectivity index (χ2v) is 7.02. The van der Waals surface area contributed by atoms with E-state index in [1.807, 2.05) is 0 Å². The molecule has 25 heavy (non-hydrogen) atoms. The Balaban J connectivity index is 1.95. The summed E-state index contributed by atoms with van der Waals surface area (Å²) >= 11 is 0. The van der Waals surface area contributed by atoms with Gasteiger partial charge in [-0.15, -0.1) is 0 Å². The second-order valence-electron chi connectivity index (χ2n) is 7.02. The summed E-state index contributed by atoms with van der Waals surface area (Å²) in [5.74, 6) is -0.430. The maximum absolute atomic E-state index is 11.8. The van der Waals surface area contributed by atoms with Gasteiger partial charge in [-0.25, -0.2) is 0 Å². The number of imide groups is 1. The zero-order valence-electron chi connectivity index (χ0n) is 15.6. The van der Waals surface area contributed by atoms with Crippen LogP contribution in [0.4, 0.5) is 0 Å². The number of carbonyl (C=O) groups is 4. The van der Waals surface area contributed by atoms with E-state index in [9.17, 15) is 19.2 Å². The fraction of sp³-hybridized carbons (Fsp3) is 0.789. The lowest BCUT2D eigenvalue weighted by molar-refractivity contribution is -0.139. The number of ketones is 1. The number of amides is 3. The third-order valence-electron chi connectivity index (χ3n) is 4.56. The molecule has 6 heteroatoms. The molecule has 142 valence electrons. The van der Waals surface area contributed by atoms with E-state index in [-0.39, 0.29) is 48.8 Å². The summed E-state index contributed by atoms with van der Waals surface area (Å²) in [6, 6.07) is 0. The van der Waals surface area contributed by atoms with Gasteiger partial charge in [0.15, 0.2) is 0 Å². The maximum atomic E-state index is 11.8.